The van der Waals surface area contributed by atoms with Gasteiger partial charge in [-0.1, -0.05) is 19.3 Å². The summed E-state index contributed by atoms with van der Waals surface area (Å²) in [4.78, 5) is 20.5. The van der Waals surface area contributed by atoms with E-state index in [1.165, 1.54) is 0 Å². The monoisotopic (exact) mass is 264 g/mol. The molecule has 104 valence electrons. The Hall–Kier alpha value is -1.65. The molecule has 0 spiro atoms. The van der Waals surface area contributed by atoms with Crippen LogP contribution in [-0.2, 0) is 10.2 Å². The molecular weight excluding hydrogens is 244 g/mol. The Balaban J connectivity index is 2.59. The van der Waals surface area contributed by atoms with E-state index in [1.54, 1.807) is 14.0 Å². The maximum atomic E-state index is 11.8. The molecule has 0 atom stereocenters. The SMILES string of the molecule is COc1nc(C)nc(C2(C(=O)O)CCCCC2)c1C. The lowest BCUT2D eigenvalue weighted by Gasteiger charge is -2.33. The molecule has 5 heteroatoms. The highest BCUT2D eigenvalue weighted by Gasteiger charge is 2.44. The van der Waals surface area contributed by atoms with Gasteiger partial charge in [0, 0.05) is 5.56 Å². The highest BCUT2D eigenvalue weighted by Crippen LogP contribution is 2.41. The van der Waals surface area contributed by atoms with Crippen LogP contribution in [0.15, 0.2) is 0 Å². The van der Waals surface area contributed by atoms with E-state index in [0.29, 0.717) is 30.2 Å². The Morgan fingerprint density at radius 3 is 2.37 bits per heavy atom. The van der Waals surface area contributed by atoms with Crippen LogP contribution in [0.1, 0.15) is 49.2 Å². The van der Waals surface area contributed by atoms with Gasteiger partial charge in [-0.15, -0.1) is 0 Å². The standard InChI is InChI=1S/C14H20N2O3/c1-9-11(15-10(2)16-12(9)19-3)14(13(17)18)7-5-4-6-8-14/h4-8H2,1-3H3,(H,17,18). The van der Waals surface area contributed by atoms with Crippen molar-refractivity contribution in [2.45, 2.75) is 51.4 Å². The zero-order valence-electron chi connectivity index (χ0n) is 11.7. The smallest absolute Gasteiger partial charge is 0.315 e. The molecule has 19 heavy (non-hydrogen) atoms. The number of carbonyl (C=O) groups is 1. The molecule has 0 aliphatic heterocycles. The molecule has 0 amide bonds. The zero-order valence-corrected chi connectivity index (χ0v) is 11.7. The first-order valence-corrected chi connectivity index (χ1v) is 6.64. The molecule has 0 unspecified atom stereocenters. The van der Waals surface area contributed by atoms with E-state index < -0.39 is 11.4 Å². The number of aryl methyl sites for hydroxylation is 1. The minimum atomic E-state index is -0.872. The topological polar surface area (TPSA) is 72.3 Å². The molecule has 1 fully saturated rings. The fourth-order valence-corrected chi connectivity index (χ4v) is 2.97. The van der Waals surface area contributed by atoms with Crippen molar-refractivity contribution in [3.8, 4) is 5.88 Å². The Labute approximate surface area is 113 Å². The lowest BCUT2D eigenvalue weighted by atomic mass is 9.70. The molecule has 0 bridgehead atoms. The Kier molecular flexibility index (Phi) is 3.73. The third-order valence-corrected chi connectivity index (χ3v) is 3.98. The highest BCUT2D eigenvalue weighted by atomic mass is 16.5. The summed E-state index contributed by atoms with van der Waals surface area (Å²) in [6.07, 6.45) is 4.23. The first-order valence-electron chi connectivity index (χ1n) is 6.64. The fraction of sp³-hybridized carbons (Fsp3) is 0.643. The van der Waals surface area contributed by atoms with Crippen LogP contribution in [0.5, 0.6) is 5.88 Å². The first kappa shape index (κ1) is 13.8. The number of hydrogen-bond acceptors (Lipinski definition) is 4. The lowest BCUT2D eigenvalue weighted by molar-refractivity contribution is -0.145. The van der Waals surface area contributed by atoms with E-state index in [-0.39, 0.29) is 0 Å². The average molecular weight is 264 g/mol. The van der Waals surface area contributed by atoms with Gasteiger partial charge in [0.2, 0.25) is 5.88 Å². The number of carboxylic acids is 1. The van der Waals surface area contributed by atoms with Crippen molar-refractivity contribution < 1.29 is 14.6 Å². The van der Waals surface area contributed by atoms with Gasteiger partial charge < -0.3 is 9.84 Å². The van der Waals surface area contributed by atoms with Crippen molar-refractivity contribution in [1.82, 2.24) is 9.97 Å². The van der Waals surface area contributed by atoms with Crippen LogP contribution in [0.4, 0.5) is 0 Å². The van der Waals surface area contributed by atoms with Crippen molar-refractivity contribution in [2.75, 3.05) is 7.11 Å². The number of aliphatic carboxylic acids is 1. The van der Waals surface area contributed by atoms with Gasteiger partial charge in [-0.2, -0.15) is 4.98 Å². The summed E-state index contributed by atoms with van der Waals surface area (Å²) >= 11 is 0. The second-order valence-corrected chi connectivity index (χ2v) is 5.20. The van der Waals surface area contributed by atoms with Gasteiger partial charge in [-0.05, 0) is 26.7 Å². The quantitative estimate of drug-likeness (QED) is 0.907. The second-order valence-electron chi connectivity index (χ2n) is 5.20. The summed E-state index contributed by atoms with van der Waals surface area (Å²) in [5, 5.41) is 9.72. The molecule has 1 aromatic rings. The van der Waals surface area contributed by atoms with Crippen LogP contribution >= 0.6 is 0 Å². The van der Waals surface area contributed by atoms with Gasteiger partial charge in [-0.3, -0.25) is 4.79 Å². The number of ether oxygens (including phenoxy) is 1. The number of methoxy groups -OCH3 is 1. The summed E-state index contributed by atoms with van der Waals surface area (Å²) < 4.78 is 5.24. The van der Waals surface area contributed by atoms with Crippen molar-refractivity contribution in [3.63, 3.8) is 0 Å². The third kappa shape index (κ3) is 2.29. The fourth-order valence-electron chi connectivity index (χ4n) is 2.97. The number of rotatable bonds is 3. The van der Waals surface area contributed by atoms with Crippen LogP contribution in [0.25, 0.3) is 0 Å². The molecule has 2 rings (SSSR count). The maximum absolute atomic E-state index is 11.8. The van der Waals surface area contributed by atoms with Gasteiger partial charge in [0.15, 0.2) is 0 Å². The Bertz CT molecular complexity index is 494. The van der Waals surface area contributed by atoms with E-state index in [0.717, 1.165) is 24.8 Å². The first-order chi connectivity index (χ1) is 9.01. The normalized spacial score (nSPS) is 18.1. The Morgan fingerprint density at radius 1 is 1.21 bits per heavy atom. The Morgan fingerprint density at radius 2 is 1.84 bits per heavy atom. The summed E-state index contributed by atoms with van der Waals surface area (Å²) in [6, 6.07) is 0. The average Bonchev–Trinajstić information content (AvgIpc) is 2.41. The van der Waals surface area contributed by atoms with E-state index in [9.17, 15) is 9.90 Å². The molecule has 1 heterocycles. The van der Waals surface area contributed by atoms with Crippen molar-refractivity contribution in [2.24, 2.45) is 0 Å². The molecule has 5 nitrogen and oxygen atoms in total. The van der Waals surface area contributed by atoms with Gasteiger partial charge in [0.25, 0.3) is 0 Å². The lowest BCUT2D eigenvalue weighted by Crippen LogP contribution is -2.39. The summed E-state index contributed by atoms with van der Waals surface area (Å²) in [5.41, 5.74) is 0.505. The van der Waals surface area contributed by atoms with Gasteiger partial charge in [0.1, 0.15) is 11.2 Å². The van der Waals surface area contributed by atoms with Crippen molar-refractivity contribution in [3.05, 3.63) is 17.1 Å². The summed E-state index contributed by atoms with van der Waals surface area (Å²) in [6.45, 7) is 3.61. The van der Waals surface area contributed by atoms with Crippen LogP contribution < -0.4 is 4.74 Å². The predicted molar refractivity (Wildman–Crippen MR) is 70.5 cm³/mol. The van der Waals surface area contributed by atoms with Crippen molar-refractivity contribution in [1.29, 1.82) is 0 Å². The number of nitrogens with zero attached hydrogens (tertiary/aromatic N) is 2. The van der Waals surface area contributed by atoms with Crippen LogP contribution in [0, 0.1) is 13.8 Å². The highest BCUT2D eigenvalue weighted by molar-refractivity contribution is 5.81. The summed E-state index contributed by atoms with van der Waals surface area (Å²) in [7, 11) is 1.55. The largest absolute Gasteiger partial charge is 0.481 e. The molecule has 0 aromatic carbocycles. The maximum Gasteiger partial charge on any atom is 0.315 e. The molecule has 1 aliphatic rings. The number of carboxylic acid groups (broad SMARTS) is 1. The predicted octanol–water partition coefficient (Wildman–Crippen LogP) is 2.39. The van der Waals surface area contributed by atoms with Crippen LogP contribution in [0.3, 0.4) is 0 Å². The van der Waals surface area contributed by atoms with Crippen LogP contribution in [-0.4, -0.2) is 28.2 Å². The molecule has 1 aliphatic carbocycles. The van der Waals surface area contributed by atoms with E-state index in [2.05, 4.69) is 9.97 Å². The van der Waals surface area contributed by atoms with Gasteiger partial charge in [-0.25, -0.2) is 4.98 Å². The molecular formula is C14H20N2O3. The van der Waals surface area contributed by atoms with Gasteiger partial charge >= 0.3 is 5.97 Å². The van der Waals surface area contributed by atoms with E-state index in [1.807, 2.05) is 6.92 Å². The van der Waals surface area contributed by atoms with Crippen LogP contribution in [0.2, 0.25) is 0 Å². The second kappa shape index (κ2) is 5.15. The van der Waals surface area contributed by atoms with E-state index in [4.69, 9.17) is 4.74 Å². The van der Waals surface area contributed by atoms with Crippen molar-refractivity contribution >= 4 is 5.97 Å². The molecule has 1 saturated carbocycles. The molecule has 0 saturated heterocycles. The molecule has 1 aromatic heterocycles. The third-order valence-electron chi connectivity index (χ3n) is 3.98. The minimum absolute atomic E-state index is 0.480. The molecule has 1 N–H and O–H groups in total. The summed E-state index contributed by atoms with van der Waals surface area (Å²) in [5.74, 6) is 0.257. The van der Waals surface area contributed by atoms with Gasteiger partial charge in [0.05, 0.1) is 12.8 Å². The minimum Gasteiger partial charge on any atom is -0.481 e. The number of aromatic nitrogens is 2. The molecule has 0 radical (unpaired) electrons. The number of hydrogen-bond donors (Lipinski definition) is 1. The van der Waals surface area contributed by atoms with E-state index >= 15 is 0 Å². The zero-order chi connectivity index (χ0) is 14.0.